The molecular formula is C11H18N2. The van der Waals surface area contributed by atoms with Crippen molar-refractivity contribution in [3.63, 3.8) is 0 Å². The molecule has 1 unspecified atom stereocenters. The third kappa shape index (κ3) is 4.04. The number of nitrogens with one attached hydrogen (secondary N) is 1. The highest BCUT2D eigenvalue weighted by molar-refractivity contribution is 5.09. The van der Waals surface area contributed by atoms with Gasteiger partial charge in [0.2, 0.25) is 0 Å². The Labute approximate surface area is 80.4 Å². The van der Waals surface area contributed by atoms with Gasteiger partial charge in [-0.2, -0.15) is 0 Å². The van der Waals surface area contributed by atoms with E-state index in [0.29, 0.717) is 6.04 Å². The van der Waals surface area contributed by atoms with Crippen LogP contribution in [0.5, 0.6) is 0 Å². The maximum absolute atomic E-state index is 3.98. The average molecular weight is 178 g/mol. The Hall–Kier alpha value is -0.890. The molecule has 0 aliphatic rings. The minimum atomic E-state index is 0.609. The summed E-state index contributed by atoms with van der Waals surface area (Å²) < 4.78 is 0. The zero-order chi connectivity index (χ0) is 9.52. The summed E-state index contributed by atoms with van der Waals surface area (Å²) in [5.41, 5.74) is 1.30. The number of rotatable bonds is 5. The van der Waals surface area contributed by atoms with Crippen LogP contribution in [0, 0.1) is 0 Å². The van der Waals surface area contributed by atoms with E-state index in [0.717, 1.165) is 6.54 Å². The van der Waals surface area contributed by atoms with Crippen LogP contribution in [0.4, 0.5) is 0 Å². The van der Waals surface area contributed by atoms with E-state index in [9.17, 15) is 0 Å². The smallest absolute Gasteiger partial charge is 0.0271 e. The van der Waals surface area contributed by atoms with Crippen molar-refractivity contribution in [2.24, 2.45) is 0 Å². The highest BCUT2D eigenvalue weighted by atomic mass is 14.9. The van der Waals surface area contributed by atoms with Crippen molar-refractivity contribution >= 4 is 0 Å². The number of pyridine rings is 1. The maximum Gasteiger partial charge on any atom is 0.0271 e. The second kappa shape index (κ2) is 5.70. The van der Waals surface area contributed by atoms with Crippen LogP contribution < -0.4 is 5.32 Å². The normalized spacial score (nSPS) is 12.8. The molecule has 0 spiro atoms. The highest BCUT2D eigenvalue weighted by Gasteiger charge is 1.98. The second-order valence-electron chi connectivity index (χ2n) is 3.43. The van der Waals surface area contributed by atoms with Gasteiger partial charge in [-0.25, -0.2) is 0 Å². The lowest BCUT2D eigenvalue weighted by atomic mass is 10.2. The van der Waals surface area contributed by atoms with Crippen molar-refractivity contribution in [2.45, 2.75) is 39.3 Å². The molecule has 0 fully saturated rings. The third-order valence-corrected chi connectivity index (χ3v) is 2.13. The van der Waals surface area contributed by atoms with Crippen LogP contribution in [0.3, 0.4) is 0 Å². The minimum Gasteiger partial charge on any atom is -0.310 e. The molecule has 1 rings (SSSR count). The molecule has 2 heteroatoms. The Kier molecular flexibility index (Phi) is 4.47. The van der Waals surface area contributed by atoms with Gasteiger partial charge in [-0.3, -0.25) is 4.98 Å². The minimum absolute atomic E-state index is 0.609. The molecule has 1 aromatic rings. The van der Waals surface area contributed by atoms with Crippen LogP contribution in [0.2, 0.25) is 0 Å². The average Bonchev–Trinajstić information content (AvgIpc) is 2.17. The largest absolute Gasteiger partial charge is 0.310 e. The van der Waals surface area contributed by atoms with Gasteiger partial charge in [0.15, 0.2) is 0 Å². The first kappa shape index (κ1) is 10.2. The van der Waals surface area contributed by atoms with E-state index in [1.165, 1.54) is 18.4 Å². The third-order valence-electron chi connectivity index (χ3n) is 2.13. The molecule has 0 saturated heterocycles. The van der Waals surface area contributed by atoms with E-state index in [1.54, 1.807) is 0 Å². The van der Waals surface area contributed by atoms with Gasteiger partial charge in [-0.15, -0.1) is 0 Å². The molecule has 2 nitrogen and oxygen atoms in total. The predicted octanol–water partition coefficient (Wildman–Crippen LogP) is 2.36. The molecular weight excluding hydrogens is 160 g/mol. The summed E-state index contributed by atoms with van der Waals surface area (Å²) in [6.07, 6.45) is 6.15. The molecule has 0 aromatic carbocycles. The van der Waals surface area contributed by atoms with Crippen molar-refractivity contribution in [1.82, 2.24) is 10.3 Å². The van der Waals surface area contributed by atoms with E-state index < -0.39 is 0 Å². The Morgan fingerprint density at radius 2 is 2.08 bits per heavy atom. The zero-order valence-electron chi connectivity index (χ0n) is 8.46. The predicted molar refractivity (Wildman–Crippen MR) is 55.4 cm³/mol. The van der Waals surface area contributed by atoms with Crippen molar-refractivity contribution in [3.05, 3.63) is 30.1 Å². The summed E-state index contributed by atoms with van der Waals surface area (Å²) in [7, 11) is 0. The van der Waals surface area contributed by atoms with Crippen LogP contribution in [-0.4, -0.2) is 11.0 Å². The quantitative estimate of drug-likeness (QED) is 0.748. The van der Waals surface area contributed by atoms with E-state index in [-0.39, 0.29) is 0 Å². The van der Waals surface area contributed by atoms with Crippen LogP contribution >= 0.6 is 0 Å². The van der Waals surface area contributed by atoms with Crippen LogP contribution in [0.15, 0.2) is 24.5 Å². The van der Waals surface area contributed by atoms with Gasteiger partial charge in [-0.05, 0) is 31.0 Å². The lowest BCUT2D eigenvalue weighted by molar-refractivity contribution is 0.508. The Morgan fingerprint density at radius 1 is 1.38 bits per heavy atom. The summed E-state index contributed by atoms with van der Waals surface area (Å²) in [5, 5.41) is 3.47. The first-order valence-corrected chi connectivity index (χ1v) is 4.95. The topological polar surface area (TPSA) is 24.9 Å². The molecule has 1 aromatic heterocycles. The molecule has 1 N–H and O–H groups in total. The molecule has 72 valence electrons. The maximum atomic E-state index is 3.98. The fourth-order valence-electron chi connectivity index (χ4n) is 1.33. The molecule has 0 radical (unpaired) electrons. The van der Waals surface area contributed by atoms with Gasteiger partial charge in [0.1, 0.15) is 0 Å². The molecule has 0 bridgehead atoms. The van der Waals surface area contributed by atoms with Crippen LogP contribution in [0.1, 0.15) is 32.3 Å². The summed E-state index contributed by atoms with van der Waals surface area (Å²) in [6.45, 7) is 5.39. The fraction of sp³-hybridized carbons (Fsp3) is 0.545. The summed E-state index contributed by atoms with van der Waals surface area (Å²) in [5.74, 6) is 0. The SMILES string of the molecule is CCCC(C)NCc1ccncc1. The van der Waals surface area contributed by atoms with Gasteiger partial charge in [-0.1, -0.05) is 13.3 Å². The molecule has 0 saturated carbocycles. The summed E-state index contributed by atoms with van der Waals surface area (Å²) >= 11 is 0. The van der Waals surface area contributed by atoms with Gasteiger partial charge >= 0.3 is 0 Å². The summed E-state index contributed by atoms with van der Waals surface area (Å²) in [6, 6.07) is 4.70. The molecule has 1 heterocycles. The number of aromatic nitrogens is 1. The van der Waals surface area contributed by atoms with Crippen molar-refractivity contribution in [2.75, 3.05) is 0 Å². The van der Waals surface area contributed by atoms with Crippen molar-refractivity contribution in [1.29, 1.82) is 0 Å². The number of nitrogens with zero attached hydrogens (tertiary/aromatic N) is 1. The lowest BCUT2D eigenvalue weighted by Gasteiger charge is -2.12. The second-order valence-corrected chi connectivity index (χ2v) is 3.43. The number of hydrogen-bond donors (Lipinski definition) is 1. The monoisotopic (exact) mass is 178 g/mol. The van der Waals surface area contributed by atoms with Gasteiger partial charge < -0.3 is 5.32 Å². The molecule has 1 atom stereocenters. The molecule has 0 aliphatic carbocycles. The van der Waals surface area contributed by atoms with E-state index >= 15 is 0 Å². The van der Waals surface area contributed by atoms with Crippen molar-refractivity contribution < 1.29 is 0 Å². The zero-order valence-corrected chi connectivity index (χ0v) is 8.46. The Bertz CT molecular complexity index is 221. The van der Waals surface area contributed by atoms with E-state index in [1.807, 2.05) is 24.5 Å². The molecule has 0 aliphatic heterocycles. The standard InChI is InChI=1S/C11H18N2/c1-3-4-10(2)13-9-11-5-7-12-8-6-11/h5-8,10,13H,3-4,9H2,1-2H3. The summed E-state index contributed by atoms with van der Waals surface area (Å²) in [4.78, 5) is 3.98. The van der Waals surface area contributed by atoms with Crippen LogP contribution in [0.25, 0.3) is 0 Å². The van der Waals surface area contributed by atoms with E-state index in [2.05, 4.69) is 24.1 Å². The van der Waals surface area contributed by atoms with E-state index in [4.69, 9.17) is 0 Å². The first-order chi connectivity index (χ1) is 6.33. The van der Waals surface area contributed by atoms with Crippen LogP contribution in [-0.2, 0) is 6.54 Å². The Balaban J connectivity index is 2.27. The Morgan fingerprint density at radius 3 is 2.69 bits per heavy atom. The molecule has 13 heavy (non-hydrogen) atoms. The highest BCUT2D eigenvalue weighted by Crippen LogP contribution is 1.99. The first-order valence-electron chi connectivity index (χ1n) is 4.95. The van der Waals surface area contributed by atoms with Gasteiger partial charge in [0, 0.05) is 25.0 Å². The number of hydrogen-bond acceptors (Lipinski definition) is 2. The lowest BCUT2D eigenvalue weighted by Crippen LogP contribution is -2.24. The van der Waals surface area contributed by atoms with Gasteiger partial charge in [0.25, 0.3) is 0 Å². The van der Waals surface area contributed by atoms with Gasteiger partial charge in [0.05, 0.1) is 0 Å². The fourth-order valence-corrected chi connectivity index (χ4v) is 1.33. The van der Waals surface area contributed by atoms with Crippen molar-refractivity contribution in [3.8, 4) is 0 Å². The molecule has 0 amide bonds.